The Bertz CT molecular complexity index is 1440. The van der Waals surface area contributed by atoms with Gasteiger partial charge >= 0.3 is 5.97 Å². The summed E-state index contributed by atoms with van der Waals surface area (Å²) in [5.74, 6) is 0.277. The number of methoxy groups -OCH3 is 1. The zero-order valence-corrected chi connectivity index (χ0v) is 23.4. The topological polar surface area (TPSA) is 78.1 Å². The van der Waals surface area contributed by atoms with Crippen LogP contribution in [0.3, 0.4) is 0 Å². The van der Waals surface area contributed by atoms with E-state index < -0.39 is 5.97 Å². The highest BCUT2D eigenvalue weighted by Crippen LogP contribution is 2.31. The molecule has 1 heterocycles. The number of rotatable bonds is 13. The molecule has 0 spiro atoms. The standard InChI is InChI=1S/C32H33NO5S/c1-4-5-6-7-8-11-28(33-38-22(2)34)23-13-17-26(18-14-23)39-27-19-15-24(16-20-27)31(35)30-21-25-10-9-12-29(36-3)32(25)37-30/h9-10,12-21H,4-8,11H2,1-3H3/b33-28+. The van der Waals surface area contributed by atoms with Crippen molar-refractivity contribution in [3.05, 3.63) is 89.7 Å². The largest absolute Gasteiger partial charge is 0.493 e. The van der Waals surface area contributed by atoms with E-state index in [2.05, 4.69) is 12.1 Å². The average molecular weight is 544 g/mol. The van der Waals surface area contributed by atoms with E-state index in [4.69, 9.17) is 14.0 Å². The van der Waals surface area contributed by atoms with Gasteiger partial charge in [-0.25, -0.2) is 4.79 Å². The SMILES string of the molecule is CCCCCCC/C(=N\OC(C)=O)c1ccc(Sc2ccc(C(=O)c3cc4cccc(OC)c4o3)cc2)cc1. The van der Waals surface area contributed by atoms with Crippen LogP contribution in [0.2, 0.25) is 0 Å². The highest BCUT2D eigenvalue weighted by molar-refractivity contribution is 7.99. The molecule has 0 atom stereocenters. The first-order valence-corrected chi connectivity index (χ1v) is 14.0. The summed E-state index contributed by atoms with van der Waals surface area (Å²) in [4.78, 5) is 31.3. The number of para-hydroxylation sites is 1. The van der Waals surface area contributed by atoms with Crippen LogP contribution in [-0.4, -0.2) is 24.6 Å². The van der Waals surface area contributed by atoms with Crippen LogP contribution in [0.5, 0.6) is 5.75 Å². The van der Waals surface area contributed by atoms with Gasteiger partial charge in [-0.1, -0.05) is 73.8 Å². The van der Waals surface area contributed by atoms with Crippen LogP contribution in [0.1, 0.15) is 74.1 Å². The normalized spacial score (nSPS) is 11.5. The van der Waals surface area contributed by atoms with Crippen LogP contribution in [-0.2, 0) is 9.63 Å². The number of hydrogen-bond acceptors (Lipinski definition) is 7. The van der Waals surface area contributed by atoms with E-state index in [1.807, 2.05) is 60.7 Å². The summed E-state index contributed by atoms with van der Waals surface area (Å²) >= 11 is 1.60. The van der Waals surface area contributed by atoms with Crippen LogP contribution < -0.4 is 4.74 Å². The zero-order chi connectivity index (χ0) is 27.6. The maximum atomic E-state index is 13.0. The second-order valence-corrected chi connectivity index (χ2v) is 10.4. The molecule has 0 N–H and O–H groups in total. The van der Waals surface area contributed by atoms with Crippen LogP contribution in [0.15, 0.2) is 92.2 Å². The Labute approximate surface area is 233 Å². The molecule has 39 heavy (non-hydrogen) atoms. The Morgan fingerprint density at radius 3 is 2.18 bits per heavy atom. The van der Waals surface area contributed by atoms with Crippen molar-refractivity contribution in [3.8, 4) is 5.75 Å². The van der Waals surface area contributed by atoms with Crippen LogP contribution in [0.4, 0.5) is 0 Å². The van der Waals surface area contributed by atoms with E-state index in [-0.39, 0.29) is 11.5 Å². The predicted octanol–water partition coefficient (Wildman–Crippen LogP) is 8.45. The fourth-order valence-corrected chi connectivity index (χ4v) is 5.05. The number of fused-ring (bicyclic) bond motifs is 1. The number of nitrogens with zero attached hydrogens (tertiary/aromatic N) is 1. The van der Waals surface area contributed by atoms with Gasteiger partial charge in [-0.3, -0.25) is 4.79 Å². The van der Waals surface area contributed by atoms with Gasteiger partial charge in [0.05, 0.1) is 12.8 Å². The third kappa shape index (κ3) is 7.60. The first-order chi connectivity index (χ1) is 19.0. The summed E-state index contributed by atoms with van der Waals surface area (Å²) in [6.07, 6.45) is 6.52. The molecule has 0 radical (unpaired) electrons. The fraction of sp³-hybridized carbons (Fsp3) is 0.281. The third-order valence-electron chi connectivity index (χ3n) is 6.29. The second-order valence-electron chi connectivity index (χ2n) is 9.25. The molecule has 202 valence electrons. The van der Waals surface area contributed by atoms with Gasteiger partial charge in [-0.05, 0) is 66.9 Å². The highest BCUT2D eigenvalue weighted by atomic mass is 32.2. The Kier molecular flexibility index (Phi) is 9.97. The Balaban J connectivity index is 1.41. The van der Waals surface area contributed by atoms with Crippen molar-refractivity contribution in [2.45, 2.75) is 62.2 Å². The first kappa shape index (κ1) is 28.2. The molecule has 4 rings (SSSR count). The molecule has 6 nitrogen and oxygen atoms in total. The van der Waals surface area contributed by atoms with E-state index in [1.165, 1.54) is 26.2 Å². The molecule has 7 heteroatoms. The van der Waals surface area contributed by atoms with Gasteiger partial charge in [-0.15, -0.1) is 0 Å². The number of carbonyl (C=O) groups excluding carboxylic acids is 2. The summed E-state index contributed by atoms with van der Waals surface area (Å²) in [6, 6.07) is 22.9. The van der Waals surface area contributed by atoms with Gasteiger partial charge in [0.25, 0.3) is 0 Å². The summed E-state index contributed by atoms with van der Waals surface area (Å²) in [7, 11) is 1.58. The maximum absolute atomic E-state index is 13.0. The monoisotopic (exact) mass is 543 g/mol. The molecule has 0 fully saturated rings. The number of hydrogen-bond donors (Lipinski definition) is 0. The number of furan rings is 1. The van der Waals surface area contributed by atoms with Gasteiger partial charge in [0, 0.05) is 27.7 Å². The Morgan fingerprint density at radius 1 is 0.872 bits per heavy atom. The van der Waals surface area contributed by atoms with Gasteiger partial charge in [0.1, 0.15) is 0 Å². The van der Waals surface area contributed by atoms with E-state index in [1.54, 1.807) is 31.0 Å². The van der Waals surface area contributed by atoms with E-state index in [9.17, 15) is 9.59 Å². The molecule has 4 aromatic rings. The molecule has 0 aliphatic rings. The van der Waals surface area contributed by atoms with E-state index in [0.29, 0.717) is 16.9 Å². The van der Waals surface area contributed by atoms with E-state index in [0.717, 1.165) is 45.7 Å². The molecular formula is C32H33NO5S. The lowest BCUT2D eigenvalue weighted by Gasteiger charge is -2.08. The number of benzene rings is 3. The molecule has 3 aromatic carbocycles. The van der Waals surface area contributed by atoms with Crippen LogP contribution >= 0.6 is 11.8 Å². The van der Waals surface area contributed by atoms with Crippen molar-refractivity contribution >= 4 is 40.2 Å². The quantitative estimate of drug-likeness (QED) is 0.0553. The highest BCUT2D eigenvalue weighted by Gasteiger charge is 2.17. The summed E-state index contributed by atoms with van der Waals surface area (Å²) in [5, 5.41) is 4.94. The molecule has 0 aliphatic heterocycles. The molecule has 0 bridgehead atoms. The zero-order valence-electron chi connectivity index (χ0n) is 22.6. The van der Waals surface area contributed by atoms with Crippen molar-refractivity contribution in [3.63, 3.8) is 0 Å². The fourth-order valence-electron chi connectivity index (χ4n) is 4.24. The number of ketones is 1. The Hall–Kier alpha value is -3.84. The van der Waals surface area contributed by atoms with Gasteiger partial charge in [0.15, 0.2) is 17.1 Å². The van der Waals surface area contributed by atoms with Crippen molar-refractivity contribution in [2.75, 3.05) is 7.11 Å². The van der Waals surface area contributed by atoms with Crippen LogP contribution in [0, 0.1) is 0 Å². The maximum Gasteiger partial charge on any atom is 0.331 e. The second kappa shape index (κ2) is 13.8. The lowest BCUT2D eigenvalue weighted by molar-refractivity contribution is -0.140. The molecule has 0 aliphatic carbocycles. The van der Waals surface area contributed by atoms with Crippen molar-refractivity contribution in [1.82, 2.24) is 0 Å². The molecule has 1 aromatic heterocycles. The number of unbranched alkanes of at least 4 members (excludes halogenated alkanes) is 4. The minimum Gasteiger partial charge on any atom is -0.493 e. The number of carbonyl (C=O) groups is 2. The van der Waals surface area contributed by atoms with Gasteiger partial charge in [0.2, 0.25) is 5.78 Å². The molecule has 0 saturated heterocycles. The molecule has 0 saturated carbocycles. The summed E-state index contributed by atoms with van der Waals surface area (Å²) in [5.41, 5.74) is 2.85. The summed E-state index contributed by atoms with van der Waals surface area (Å²) < 4.78 is 11.2. The molecular weight excluding hydrogens is 510 g/mol. The first-order valence-electron chi connectivity index (χ1n) is 13.2. The summed E-state index contributed by atoms with van der Waals surface area (Å²) in [6.45, 7) is 3.55. The predicted molar refractivity (Wildman–Crippen MR) is 155 cm³/mol. The Morgan fingerprint density at radius 2 is 1.54 bits per heavy atom. The smallest absolute Gasteiger partial charge is 0.331 e. The number of oxime groups is 1. The van der Waals surface area contributed by atoms with Crippen molar-refractivity contribution < 1.29 is 23.6 Å². The van der Waals surface area contributed by atoms with Crippen molar-refractivity contribution in [1.29, 1.82) is 0 Å². The van der Waals surface area contributed by atoms with Crippen molar-refractivity contribution in [2.24, 2.45) is 5.16 Å². The number of ether oxygens (including phenoxy) is 1. The lowest BCUT2D eigenvalue weighted by Crippen LogP contribution is -2.04. The van der Waals surface area contributed by atoms with Gasteiger partial charge < -0.3 is 14.0 Å². The average Bonchev–Trinajstić information content (AvgIpc) is 3.40. The lowest BCUT2D eigenvalue weighted by atomic mass is 10.0. The minimum absolute atomic E-state index is 0.177. The molecule has 0 amide bonds. The van der Waals surface area contributed by atoms with Gasteiger partial charge in [-0.2, -0.15) is 0 Å². The van der Waals surface area contributed by atoms with E-state index >= 15 is 0 Å². The van der Waals surface area contributed by atoms with Crippen LogP contribution in [0.25, 0.3) is 11.0 Å². The minimum atomic E-state index is -0.423. The third-order valence-corrected chi connectivity index (χ3v) is 7.31. The molecule has 0 unspecified atom stereocenters.